The van der Waals surface area contributed by atoms with Gasteiger partial charge in [0.1, 0.15) is 0 Å². The molecular weight excluding hydrogens is 382 g/mol. The van der Waals surface area contributed by atoms with Crippen molar-refractivity contribution in [1.82, 2.24) is 10.3 Å². The number of hydrogen-bond acceptors (Lipinski definition) is 4. The van der Waals surface area contributed by atoms with E-state index in [1.54, 1.807) is 0 Å². The Kier molecular flexibility index (Phi) is 7.14. The van der Waals surface area contributed by atoms with Crippen LogP contribution in [0.2, 0.25) is 0 Å². The minimum Gasteiger partial charge on any atom is -0.352 e. The van der Waals surface area contributed by atoms with Gasteiger partial charge in [-0.1, -0.05) is 55.5 Å². The molecule has 0 saturated carbocycles. The van der Waals surface area contributed by atoms with Gasteiger partial charge in [0.15, 0.2) is 5.13 Å². The second-order valence-corrected chi connectivity index (χ2v) is 7.72. The third-order valence-electron chi connectivity index (χ3n) is 4.61. The fourth-order valence-electron chi connectivity index (χ4n) is 2.86. The molecule has 2 amide bonds. The maximum Gasteiger partial charge on any atom is 0.226 e. The third-order valence-corrected chi connectivity index (χ3v) is 5.37. The highest BCUT2D eigenvalue weighted by Crippen LogP contribution is 2.25. The SMILES string of the molecule is CCc1ccc(CCC(=O)Nc2nc(-c3ccc(CNC(C)=O)cc3)cs2)cc1. The summed E-state index contributed by atoms with van der Waals surface area (Å²) in [7, 11) is 0. The Morgan fingerprint density at radius 2 is 1.62 bits per heavy atom. The summed E-state index contributed by atoms with van der Waals surface area (Å²) in [6, 6.07) is 16.3. The Morgan fingerprint density at radius 3 is 2.28 bits per heavy atom. The predicted octanol–water partition coefficient (Wildman–Crippen LogP) is 4.58. The zero-order valence-electron chi connectivity index (χ0n) is 16.7. The van der Waals surface area contributed by atoms with Crippen molar-refractivity contribution in [2.75, 3.05) is 5.32 Å². The van der Waals surface area contributed by atoms with Gasteiger partial charge in [0.2, 0.25) is 11.8 Å². The van der Waals surface area contributed by atoms with Crippen molar-refractivity contribution in [2.45, 2.75) is 39.7 Å². The number of nitrogens with zero attached hydrogens (tertiary/aromatic N) is 1. The maximum absolute atomic E-state index is 12.2. The summed E-state index contributed by atoms with van der Waals surface area (Å²) in [5, 5.41) is 8.20. The molecule has 0 aliphatic rings. The van der Waals surface area contributed by atoms with Crippen LogP contribution in [0.25, 0.3) is 11.3 Å². The van der Waals surface area contributed by atoms with Crippen molar-refractivity contribution in [3.63, 3.8) is 0 Å². The van der Waals surface area contributed by atoms with Crippen LogP contribution in [0.5, 0.6) is 0 Å². The smallest absolute Gasteiger partial charge is 0.226 e. The van der Waals surface area contributed by atoms with Gasteiger partial charge in [-0.3, -0.25) is 9.59 Å². The molecule has 0 unspecified atom stereocenters. The lowest BCUT2D eigenvalue weighted by atomic mass is 10.1. The zero-order valence-corrected chi connectivity index (χ0v) is 17.5. The van der Waals surface area contributed by atoms with Crippen LogP contribution < -0.4 is 10.6 Å². The van der Waals surface area contributed by atoms with Crippen molar-refractivity contribution in [3.05, 3.63) is 70.6 Å². The van der Waals surface area contributed by atoms with Crippen LogP contribution in [0.15, 0.2) is 53.9 Å². The fraction of sp³-hybridized carbons (Fsp3) is 0.261. The fourth-order valence-corrected chi connectivity index (χ4v) is 3.60. The van der Waals surface area contributed by atoms with Crippen LogP contribution in [0.1, 0.15) is 37.0 Å². The number of benzene rings is 2. The van der Waals surface area contributed by atoms with Crippen LogP contribution in [-0.2, 0) is 29.0 Å². The first-order valence-electron chi connectivity index (χ1n) is 9.70. The Morgan fingerprint density at radius 1 is 0.966 bits per heavy atom. The monoisotopic (exact) mass is 407 g/mol. The second-order valence-electron chi connectivity index (χ2n) is 6.86. The molecule has 0 atom stereocenters. The van der Waals surface area contributed by atoms with Crippen molar-refractivity contribution in [1.29, 1.82) is 0 Å². The summed E-state index contributed by atoms with van der Waals surface area (Å²) >= 11 is 1.42. The molecule has 150 valence electrons. The largest absolute Gasteiger partial charge is 0.352 e. The number of carbonyl (C=O) groups is 2. The normalized spacial score (nSPS) is 10.6. The van der Waals surface area contributed by atoms with Gasteiger partial charge >= 0.3 is 0 Å². The van der Waals surface area contributed by atoms with Crippen LogP contribution in [0, 0.1) is 0 Å². The van der Waals surface area contributed by atoms with Gasteiger partial charge in [0, 0.05) is 30.8 Å². The summed E-state index contributed by atoms with van der Waals surface area (Å²) in [5.74, 6) is -0.0805. The van der Waals surface area contributed by atoms with Crippen molar-refractivity contribution in [3.8, 4) is 11.3 Å². The van der Waals surface area contributed by atoms with Crippen molar-refractivity contribution in [2.24, 2.45) is 0 Å². The molecule has 0 saturated heterocycles. The van der Waals surface area contributed by atoms with E-state index in [4.69, 9.17) is 0 Å². The van der Waals surface area contributed by atoms with Crippen molar-refractivity contribution < 1.29 is 9.59 Å². The molecule has 0 bridgehead atoms. The average molecular weight is 408 g/mol. The van der Waals surface area contributed by atoms with Gasteiger partial charge in [-0.25, -0.2) is 4.98 Å². The van der Waals surface area contributed by atoms with Gasteiger partial charge in [0.05, 0.1) is 5.69 Å². The van der Waals surface area contributed by atoms with E-state index in [9.17, 15) is 9.59 Å². The summed E-state index contributed by atoms with van der Waals surface area (Å²) in [5.41, 5.74) is 5.30. The van der Waals surface area contributed by atoms with Crippen molar-refractivity contribution >= 4 is 28.3 Å². The molecule has 5 nitrogen and oxygen atoms in total. The van der Waals surface area contributed by atoms with Gasteiger partial charge < -0.3 is 10.6 Å². The predicted molar refractivity (Wildman–Crippen MR) is 118 cm³/mol. The molecule has 1 aromatic heterocycles. The van der Waals surface area contributed by atoms with Crippen LogP contribution >= 0.6 is 11.3 Å². The van der Waals surface area contributed by atoms with Crippen LogP contribution in [0.4, 0.5) is 5.13 Å². The standard InChI is InChI=1S/C23H25N3O2S/c1-3-17-4-6-18(7-5-17)10-13-22(28)26-23-25-21(15-29-23)20-11-8-19(9-12-20)14-24-16(2)27/h4-9,11-12,15H,3,10,13-14H2,1-2H3,(H,24,27)(H,25,26,28). The zero-order chi connectivity index (χ0) is 20.6. The van der Waals surface area contributed by atoms with Gasteiger partial charge in [-0.05, 0) is 29.5 Å². The van der Waals surface area contributed by atoms with E-state index in [1.165, 1.54) is 23.8 Å². The van der Waals surface area contributed by atoms with E-state index in [2.05, 4.69) is 46.8 Å². The quantitative estimate of drug-likeness (QED) is 0.574. The summed E-state index contributed by atoms with van der Waals surface area (Å²) in [4.78, 5) is 27.8. The molecule has 2 N–H and O–H groups in total. The van der Waals surface area contributed by atoms with Crippen LogP contribution in [-0.4, -0.2) is 16.8 Å². The first kappa shape index (κ1) is 20.7. The Labute approximate surface area is 175 Å². The van der Waals surface area contributed by atoms with E-state index in [1.807, 2.05) is 29.6 Å². The van der Waals surface area contributed by atoms with E-state index in [0.29, 0.717) is 24.5 Å². The second kappa shape index (κ2) is 9.98. The number of aryl methyl sites for hydroxylation is 2. The Balaban J connectivity index is 1.52. The molecule has 29 heavy (non-hydrogen) atoms. The number of carbonyl (C=O) groups excluding carboxylic acids is 2. The van der Waals surface area contributed by atoms with E-state index >= 15 is 0 Å². The summed E-state index contributed by atoms with van der Waals surface area (Å²) in [6.45, 7) is 4.14. The van der Waals surface area contributed by atoms with Gasteiger partial charge in [-0.2, -0.15) is 0 Å². The Bertz CT molecular complexity index is 963. The van der Waals surface area contributed by atoms with Gasteiger partial charge in [0.25, 0.3) is 0 Å². The lowest BCUT2D eigenvalue weighted by molar-refractivity contribution is -0.119. The first-order chi connectivity index (χ1) is 14.0. The molecule has 0 aliphatic carbocycles. The molecular formula is C23H25N3O2S. The summed E-state index contributed by atoms with van der Waals surface area (Å²) in [6.07, 6.45) is 2.16. The maximum atomic E-state index is 12.2. The third kappa shape index (κ3) is 6.26. The number of hydrogen-bond donors (Lipinski definition) is 2. The molecule has 3 rings (SSSR count). The topological polar surface area (TPSA) is 71.1 Å². The molecule has 0 radical (unpaired) electrons. The first-order valence-corrected chi connectivity index (χ1v) is 10.6. The Hall–Kier alpha value is -2.99. The molecule has 2 aromatic carbocycles. The number of aromatic nitrogens is 1. The lowest BCUT2D eigenvalue weighted by Crippen LogP contribution is -2.18. The van der Waals surface area contributed by atoms with Gasteiger partial charge in [-0.15, -0.1) is 11.3 Å². The molecule has 1 heterocycles. The number of amides is 2. The lowest BCUT2D eigenvalue weighted by Gasteiger charge is -2.04. The van der Waals surface area contributed by atoms with E-state index in [-0.39, 0.29) is 11.8 Å². The summed E-state index contributed by atoms with van der Waals surface area (Å²) < 4.78 is 0. The minimum atomic E-state index is -0.0491. The minimum absolute atomic E-state index is 0.0314. The molecule has 0 aliphatic heterocycles. The molecule has 0 spiro atoms. The number of rotatable bonds is 8. The molecule has 0 fully saturated rings. The highest BCUT2D eigenvalue weighted by molar-refractivity contribution is 7.14. The van der Waals surface area contributed by atoms with Crippen LogP contribution in [0.3, 0.4) is 0 Å². The molecule has 3 aromatic rings. The highest BCUT2D eigenvalue weighted by atomic mass is 32.1. The number of thiazole rings is 1. The number of anilines is 1. The molecule has 6 heteroatoms. The van der Waals surface area contributed by atoms with E-state index in [0.717, 1.165) is 28.8 Å². The van der Waals surface area contributed by atoms with E-state index < -0.39 is 0 Å². The number of nitrogens with one attached hydrogen (secondary N) is 2. The highest BCUT2D eigenvalue weighted by Gasteiger charge is 2.09. The average Bonchev–Trinajstić information content (AvgIpc) is 3.20.